The van der Waals surface area contributed by atoms with E-state index in [0.29, 0.717) is 5.69 Å². The minimum Gasteiger partial charge on any atom is -0.478 e. The summed E-state index contributed by atoms with van der Waals surface area (Å²) in [6, 6.07) is 7.73. The topological polar surface area (TPSA) is 50.2 Å². The van der Waals surface area contributed by atoms with Gasteiger partial charge in [-0.1, -0.05) is 31.5 Å². The van der Waals surface area contributed by atoms with Gasteiger partial charge in [0.1, 0.15) is 0 Å². The molecule has 1 N–H and O–H groups in total. The fourth-order valence-corrected chi connectivity index (χ4v) is 2.82. The SMILES string of the molecule is Cc1cc(C)c(-c2ccc(C(=O)O)c(C(C)C)n2)c(C)c1. The molecule has 0 saturated heterocycles. The Labute approximate surface area is 125 Å². The summed E-state index contributed by atoms with van der Waals surface area (Å²) in [5.41, 5.74) is 6.42. The highest BCUT2D eigenvalue weighted by Gasteiger charge is 2.17. The van der Waals surface area contributed by atoms with Crippen LogP contribution in [0.1, 0.15) is 52.5 Å². The number of carbonyl (C=O) groups is 1. The normalized spacial score (nSPS) is 11.0. The molecule has 0 aliphatic heterocycles. The van der Waals surface area contributed by atoms with E-state index in [1.807, 2.05) is 13.8 Å². The molecule has 0 bridgehead atoms. The quantitative estimate of drug-likeness (QED) is 0.902. The number of hydrogen-bond acceptors (Lipinski definition) is 2. The van der Waals surface area contributed by atoms with Gasteiger partial charge in [-0.15, -0.1) is 0 Å². The second-order valence-electron chi connectivity index (χ2n) is 5.86. The first kappa shape index (κ1) is 15.2. The number of aromatic nitrogens is 1. The summed E-state index contributed by atoms with van der Waals surface area (Å²) in [4.78, 5) is 15.9. The Hall–Kier alpha value is -2.16. The van der Waals surface area contributed by atoms with Crippen LogP contribution in [0.15, 0.2) is 24.3 Å². The summed E-state index contributed by atoms with van der Waals surface area (Å²) < 4.78 is 0. The van der Waals surface area contributed by atoms with E-state index in [1.165, 1.54) is 5.56 Å². The van der Waals surface area contributed by atoms with Crippen molar-refractivity contribution in [2.24, 2.45) is 0 Å². The largest absolute Gasteiger partial charge is 0.478 e. The monoisotopic (exact) mass is 283 g/mol. The van der Waals surface area contributed by atoms with Crippen LogP contribution in [0.3, 0.4) is 0 Å². The highest BCUT2D eigenvalue weighted by atomic mass is 16.4. The summed E-state index contributed by atoms with van der Waals surface area (Å²) in [5.74, 6) is -0.850. The van der Waals surface area contributed by atoms with Crippen molar-refractivity contribution < 1.29 is 9.90 Å². The summed E-state index contributed by atoms with van der Waals surface area (Å²) in [6.45, 7) is 10.1. The minimum absolute atomic E-state index is 0.0714. The van der Waals surface area contributed by atoms with Gasteiger partial charge >= 0.3 is 5.97 Å². The highest BCUT2D eigenvalue weighted by molar-refractivity contribution is 5.89. The van der Waals surface area contributed by atoms with Gasteiger partial charge in [-0.25, -0.2) is 4.79 Å². The maximum absolute atomic E-state index is 11.3. The van der Waals surface area contributed by atoms with E-state index in [2.05, 4.69) is 37.9 Å². The van der Waals surface area contributed by atoms with Crippen molar-refractivity contribution >= 4 is 5.97 Å². The fourth-order valence-electron chi connectivity index (χ4n) is 2.82. The molecule has 0 fully saturated rings. The van der Waals surface area contributed by atoms with Gasteiger partial charge in [-0.05, 0) is 49.9 Å². The Balaban J connectivity index is 2.67. The zero-order chi connectivity index (χ0) is 15.7. The van der Waals surface area contributed by atoms with Crippen LogP contribution in [0, 0.1) is 20.8 Å². The van der Waals surface area contributed by atoms with Crippen molar-refractivity contribution in [3.05, 3.63) is 52.2 Å². The number of carboxylic acids is 1. The van der Waals surface area contributed by atoms with Gasteiger partial charge < -0.3 is 5.11 Å². The number of pyridine rings is 1. The smallest absolute Gasteiger partial charge is 0.337 e. The lowest BCUT2D eigenvalue weighted by Crippen LogP contribution is -2.07. The maximum atomic E-state index is 11.3. The zero-order valence-corrected chi connectivity index (χ0v) is 13.2. The molecular formula is C18H21NO2. The lowest BCUT2D eigenvalue weighted by atomic mass is 9.95. The number of rotatable bonds is 3. The number of benzene rings is 1. The number of hydrogen-bond donors (Lipinski definition) is 1. The molecule has 3 heteroatoms. The first-order valence-electron chi connectivity index (χ1n) is 7.13. The molecule has 21 heavy (non-hydrogen) atoms. The van der Waals surface area contributed by atoms with Gasteiger partial charge in [-0.3, -0.25) is 4.98 Å². The number of aromatic carboxylic acids is 1. The van der Waals surface area contributed by atoms with E-state index < -0.39 is 5.97 Å². The van der Waals surface area contributed by atoms with Crippen LogP contribution in [0.25, 0.3) is 11.3 Å². The van der Waals surface area contributed by atoms with Gasteiger partial charge in [0, 0.05) is 5.56 Å². The van der Waals surface area contributed by atoms with Crippen LogP contribution in [0.2, 0.25) is 0 Å². The Kier molecular flexibility index (Phi) is 4.12. The average Bonchev–Trinajstić information content (AvgIpc) is 2.36. The van der Waals surface area contributed by atoms with E-state index in [1.54, 1.807) is 12.1 Å². The summed E-state index contributed by atoms with van der Waals surface area (Å²) >= 11 is 0. The second-order valence-corrected chi connectivity index (χ2v) is 5.86. The van der Waals surface area contributed by atoms with Crippen molar-refractivity contribution in [3.63, 3.8) is 0 Å². The summed E-state index contributed by atoms with van der Waals surface area (Å²) in [6.07, 6.45) is 0. The third kappa shape index (κ3) is 2.97. The first-order valence-corrected chi connectivity index (χ1v) is 7.13. The molecule has 0 aliphatic carbocycles. The first-order chi connectivity index (χ1) is 9.81. The van der Waals surface area contributed by atoms with Crippen LogP contribution in [0.5, 0.6) is 0 Å². The predicted molar refractivity (Wildman–Crippen MR) is 84.9 cm³/mol. The maximum Gasteiger partial charge on any atom is 0.337 e. The highest BCUT2D eigenvalue weighted by Crippen LogP contribution is 2.29. The fraction of sp³-hybridized carbons (Fsp3) is 0.333. The number of aryl methyl sites for hydroxylation is 3. The van der Waals surface area contributed by atoms with Gasteiger partial charge in [0.2, 0.25) is 0 Å². The van der Waals surface area contributed by atoms with Crippen LogP contribution in [-0.2, 0) is 0 Å². The summed E-state index contributed by atoms with van der Waals surface area (Å²) in [7, 11) is 0. The van der Waals surface area contributed by atoms with Gasteiger partial charge in [0.15, 0.2) is 0 Å². The lowest BCUT2D eigenvalue weighted by Gasteiger charge is -2.15. The van der Waals surface area contributed by atoms with Crippen LogP contribution in [0.4, 0.5) is 0 Å². The third-order valence-corrected chi connectivity index (χ3v) is 3.64. The van der Waals surface area contributed by atoms with Crippen LogP contribution < -0.4 is 0 Å². The van der Waals surface area contributed by atoms with Gasteiger partial charge in [-0.2, -0.15) is 0 Å². The third-order valence-electron chi connectivity index (χ3n) is 3.64. The van der Waals surface area contributed by atoms with Crippen LogP contribution >= 0.6 is 0 Å². The minimum atomic E-state index is -0.921. The van der Waals surface area contributed by atoms with Crippen LogP contribution in [-0.4, -0.2) is 16.1 Å². The molecule has 0 atom stereocenters. The molecule has 110 valence electrons. The molecular weight excluding hydrogens is 262 g/mol. The Morgan fingerprint density at radius 3 is 2.14 bits per heavy atom. The van der Waals surface area contributed by atoms with E-state index in [-0.39, 0.29) is 11.5 Å². The molecule has 1 aromatic heterocycles. The van der Waals surface area contributed by atoms with Gasteiger partial charge in [0.25, 0.3) is 0 Å². The molecule has 1 heterocycles. The number of nitrogens with zero attached hydrogens (tertiary/aromatic N) is 1. The predicted octanol–water partition coefficient (Wildman–Crippen LogP) is 4.50. The van der Waals surface area contributed by atoms with Gasteiger partial charge in [0.05, 0.1) is 17.0 Å². The second kappa shape index (κ2) is 5.68. The standard InChI is InChI=1S/C18H21NO2/c1-10(2)17-14(18(20)21)6-7-15(19-17)16-12(4)8-11(3)9-13(16)5/h6-10H,1-5H3,(H,20,21). The van der Waals surface area contributed by atoms with Crippen molar-refractivity contribution in [3.8, 4) is 11.3 Å². The molecule has 0 aliphatic rings. The molecule has 1 aromatic carbocycles. The van der Waals surface area contributed by atoms with Crippen molar-refractivity contribution in [1.82, 2.24) is 4.98 Å². The summed E-state index contributed by atoms with van der Waals surface area (Å²) in [5, 5.41) is 9.28. The molecule has 0 unspecified atom stereocenters. The van der Waals surface area contributed by atoms with E-state index in [0.717, 1.165) is 22.4 Å². The number of carboxylic acid groups (broad SMARTS) is 1. The van der Waals surface area contributed by atoms with Crippen molar-refractivity contribution in [2.45, 2.75) is 40.5 Å². The van der Waals surface area contributed by atoms with E-state index in [9.17, 15) is 9.90 Å². The molecule has 0 saturated carbocycles. The molecule has 3 nitrogen and oxygen atoms in total. The Morgan fingerprint density at radius 1 is 1.10 bits per heavy atom. The zero-order valence-electron chi connectivity index (χ0n) is 13.2. The molecule has 0 spiro atoms. The van der Waals surface area contributed by atoms with Crippen molar-refractivity contribution in [1.29, 1.82) is 0 Å². The molecule has 0 radical (unpaired) electrons. The van der Waals surface area contributed by atoms with E-state index >= 15 is 0 Å². The molecule has 0 amide bonds. The molecule has 2 rings (SSSR count). The Morgan fingerprint density at radius 2 is 1.67 bits per heavy atom. The average molecular weight is 283 g/mol. The molecule has 2 aromatic rings. The Bertz CT molecular complexity index is 679. The lowest BCUT2D eigenvalue weighted by molar-refractivity contribution is 0.0694. The van der Waals surface area contributed by atoms with E-state index in [4.69, 9.17) is 0 Å². The van der Waals surface area contributed by atoms with Crippen molar-refractivity contribution in [2.75, 3.05) is 0 Å².